The Balaban J connectivity index is 0.00000245. The molecule has 6 heteroatoms. The quantitative estimate of drug-likeness (QED) is 0.544. The summed E-state index contributed by atoms with van der Waals surface area (Å²) >= 11 is 1.73. The molecule has 0 aromatic heterocycles. The molecule has 1 aliphatic carbocycles. The summed E-state index contributed by atoms with van der Waals surface area (Å²) in [4.78, 5) is 3.80. The smallest absolute Gasteiger partial charge is 0.138 e. The Bertz CT molecular complexity index is 991. The zero-order valence-corrected chi connectivity index (χ0v) is 19.4. The van der Waals surface area contributed by atoms with Crippen LogP contribution in [-0.2, 0) is 0 Å². The van der Waals surface area contributed by atoms with E-state index in [0.29, 0.717) is 11.7 Å². The van der Waals surface area contributed by atoms with Gasteiger partial charge in [-0.2, -0.15) is 0 Å². The molecular formula is C26H32FNO3S. The maximum Gasteiger partial charge on any atom is 0.138 e. The fraction of sp³-hybridized carbons (Fsp3) is 0.462. The molecule has 0 bridgehead atoms. The Morgan fingerprint density at radius 3 is 2.47 bits per heavy atom. The third-order valence-electron chi connectivity index (χ3n) is 7.03. The number of benzene rings is 2. The number of fused-ring (bicyclic) bond motifs is 2. The van der Waals surface area contributed by atoms with Crippen LogP contribution in [0.4, 0.5) is 4.39 Å². The monoisotopic (exact) mass is 457 g/mol. The van der Waals surface area contributed by atoms with E-state index in [1.165, 1.54) is 22.1 Å². The Kier molecular flexibility index (Phi) is 7.25. The van der Waals surface area contributed by atoms with Gasteiger partial charge in [0.25, 0.3) is 0 Å². The fourth-order valence-corrected chi connectivity index (χ4v) is 5.74. The van der Waals surface area contributed by atoms with E-state index in [2.05, 4.69) is 23.3 Å². The molecule has 2 fully saturated rings. The average molecular weight is 458 g/mol. The SMILES string of the molecule is CSc1ccc2c(c1)C(=C1CCN(C[C@H]3CC[C@H](O)CC3)CC1)c1ccc(F)cc1O2.O. The number of thioether (sulfide) groups is 1. The number of aliphatic hydroxyl groups excluding tert-OH is 1. The second kappa shape index (κ2) is 9.96. The van der Waals surface area contributed by atoms with Crippen LogP contribution in [0.3, 0.4) is 0 Å². The fourth-order valence-electron chi connectivity index (χ4n) is 5.30. The van der Waals surface area contributed by atoms with Crippen molar-refractivity contribution in [2.45, 2.75) is 49.5 Å². The van der Waals surface area contributed by atoms with E-state index in [1.54, 1.807) is 17.8 Å². The molecular weight excluding hydrogens is 425 g/mol. The molecule has 0 amide bonds. The van der Waals surface area contributed by atoms with Gasteiger partial charge < -0.3 is 20.2 Å². The van der Waals surface area contributed by atoms with Gasteiger partial charge in [-0.05, 0) is 86.6 Å². The highest BCUT2D eigenvalue weighted by atomic mass is 32.2. The number of piperidine rings is 1. The second-order valence-electron chi connectivity index (χ2n) is 9.06. The van der Waals surface area contributed by atoms with Crippen LogP contribution in [-0.4, -0.2) is 47.5 Å². The van der Waals surface area contributed by atoms with Crippen molar-refractivity contribution in [2.75, 3.05) is 25.9 Å². The Labute approximate surface area is 193 Å². The summed E-state index contributed by atoms with van der Waals surface area (Å²) in [5.74, 6) is 1.89. The van der Waals surface area contributed by atoms with Crippen LogP contribution < -0.4 is 4.74 Å². The zero-order valence-electron chi connectivity index (χ0n) is 18.6. The summed E-state index contributed by atoms with van der Waals surface area (Å²) in [7, 11) is 0. The van der Waals surface area contributed by atoms with Gasteiger partial charge in [-0.25, -0.2) is 4.39 Å². The van der Waals surface area contributed by atoms with Crippen LogP contribution in [0.5, 0.6) is 11.5 Å². The first-order valence-corrected chi connectivity index (χ1v) is 12.6. The molecule has 2 aromatic rings. The summed E-state index contributed by atoms with van der Waals surface area (Å²) in [5.41, 5.74) is 4.84. The van der Waals surface area contributed by atoms with E-state index in [4.69, 9.17) is 4.74 Å². The highest BCUT2D eigenvalue weighted by molar-refractivity contribution is 7.98. The number of likely N-dealkylation sites (tertiary alicyclic amines) is 1. The van der Waals surface area contributed by atoms with Crippen molar-refractivity contribution < 1.29 is 19.7 Å². The van der Waals surface area contributed by atoms with Crippen molar-refractivity contribution in [2.24, 2.45) is 5.92 Å². The molecule has 3 aliphatic rings. The third-order valence-corrected chi connectivity index (χ3v) is 7.76. The molecule has 5 rings (SSSR count). The molecule has 172 valence electrons. The summed E-state index contributed by atoms with van der Waals surface area (Å²) in [6, 6.07) is 11.2. The molecule has 2 aromatic carbocycles. The molecule has 2 heterocycles. The lowest BCUT2D eigenvalue weighted by molar-refractivity contribution is 0.0923. The summed E-state index contributed by atoms with van der Waals surface area (Å²) < 4.78 is 20.0. The Hall–Kier alpha value is -1.86. The van der Waals surface area contributed by atoms with Crippen LogP contribution in [0, 0.1) is 11.7 Å². The van der Waals surface area contributed by atoms with Gasteiger partial charge >= 0.3 is 0 Å². The lowest BCUT2D eigenvalue weighted by Crippen LogP contribution is -2.36. The molecule has 1 saturated heterocycles. The first kappa shape index (κ1) is 23.3. The van der Waals surface area contributed by atoms with E-state index >= 15 is 0 Å². The van der Waals surface area contributed by atoms with Gasteiger partial charge in [0.1, 0.15) is 17.3 Å². The number of rotatable bonds is 3. The van der Waals surface area contributed by atoms with Gasteiger partial charge in [-0.3, -0.25) is 0 Å². The Morgan fingerprint density at radius 1 is 1.00 bits per heavy atom. The third kappa shape index (κ3) is 4.74. The van der Waals surface area contributed by atoms with Gasteiger partial charge in [0.15, 0.2) is 0 Å². The van der Waals surface area contributed by atoms with Gasteiger partial charge in [-0.15, -0.1) is 11.8 Å². The number of hydrogen-bond acceptors (Lipinski definition) is 4. The van der Waals surface area contributed by atoms with Crippen molar-refractivity contribution >= 4 is 17.3 Å². The zero-order chi connectivity index (χ0) is 21.4. The minimum Gasteiger partial charge on any atom is -0.456 e. The number of hydrogen-bond donors (Lipinski definition) is 1. The van der Waals surface area contributed by atoms with Gasteiger partial charge in [-0.1, -0.05) is 5.57 Å². The van der Waals surface area contributed by atoms with E-state index in [-0.39, 0.29) is 17.4 Å². The first-order chi connectivity index (χ1) is 15.1. The molecule has 2 aliphatic heterocycles. The number of aliphatic hydroxyl groups is 1. The van der Waals surface area contributed by atoms with Gasteiger partial charge in [0.05, 0.1) is 6.10 Å². The largest absolute Gasteiger partial charge is 0.456 e. The summed E-state index contributed by atoms with van der Waals surface area (Å²) in [6.45, 7) is 3.27. The van der Waals surface area contributed by atoms with Gasteiger partial charge in [0, 0.05) is 41.7 Å². The number of halogens is 1. The topological polar surface area (TPSA) is 64.2 Å². The maximum absolute atomic E-state index is 13.9. The van der Waals surface area contributed by atoms with E-state index in [1.807, 2.05) is 12.1 Å². The lowest BCUT2D eigenvalue weighted by atomic mass is 9.84. The van der Waals surface area contributed by atoms with Crippen molar-refractivity contribution in [3.05, 3.63) is 58.9 Å². The standard InChI is InChI=1S/C26H30FNO2S.H2O/c1-31-21-7-9-24-23(15-21)26(22-8-4-19(27)14-25(22)30-24)18-10-12-28(13-11-18)16-17-2-5-20(29)6-3-17;/h4,7-9,14-15,17,20,29H,2-3,5-6,10-13,16H2,1H3;1H2/t17-,20-;. The summed E-state index contributed by atoms with van der Waals surface area (Å²) in [6.07, 6.45) is 8.27. The molecule has 0 spiro atoms. The van der Waals surface area contributed by atoms with Crippen molar-refractivity contribution in [1.82, 2.24) is 4.90 Å². The minimum atomic E-state index is -0.264. The highest BCUT2D eigenvalue weighted by Crippen LogP contribution is 2.47. The molecule has 1 saturated carbocycles. The number of nitrogens with zero attached hydrogens (tertiary/aromatic N) is 1. The van der Waals surface area contributed by atoms with E-state index < -0.39 is 0 Å². The van der Waals surface area contributed by atoms with Crippen molar-refractivity contribution in [1.29, 1.82) is 0 Å². The Morgan fingerprint density at radius 2 is 1.75 bits per heavy atom. The molecule has 3 N–H and O–H groups in total. The normalized spacial score (nSPS) is 23.1. The second-order valence-corrected chi connectivity index (χ2v) is 9.94. The maximum atomic E-state index is 13.9. The van der Waals surface area contributed by atoms with Crippen LogP contribution >= 0.6 is 11.8 Å². The van der Waals surface area contributed by atoms with Crippen LogP contribution in [0.15, 0.2) is 46.9 Å². The highest BCUT2D eigenvalue weighted by Gasteiger charge is 2.28. The molecule has 0 radical (unpaired) electrons. The predicted molar refractivity (Wildman–Crippen MR) is 128 cm³/mol. The van der Waals surface area contributed by atoms with Gasteiger partial charge in [0.2, 0.25) is 0 Å². The number of ether oxygens (including phenoxy) is 1. The molecule has 32 heavy (non-hydrogen) atoms. The molecule has 0 atom stereocenters. The van der Waals surface area contributed by atoms with Crippen LogP contribution in [0.1, 0.15) is 49.7 Å². The lowest BCUT2D eigenvalue weighted by Gasteiger charge is -2.35. The molecule has 0 unspecified atom stereocenters. The first-order valence-electron chi connectivity index (χ1n) is 11.4. The van der Waals surface area contributed by atoms with Crippen LogP contribution in [0.2, 0.25) is 0 Å². The average Bonchev–Trinajstić information content (AvgIpc) is 2.79. The predicted octanol–water partition coefficient (Wildman–Crippen LogP) is 5.28. The van der Waals surface area contributed by atoms with E-state index in [0.717, 1.165) is 75.0 Å². The van der Waals surface area contributed by atoms with Crippen molar-refractivity contribution in [3.63, 3.8) is 0 Å². The van der Waals surface area contributed by atoms with Crippen LogP contribution in [0.25, 0.3) is 5.57 Å². The summed E-state index contributed by atoms with van der Waals surface area (Å²) in [5, 5.41) is 9.77. The van der Waals surface area contributed by atoms with E-state index in [9.17, 15) is 9.50 Å². The van der Waals surface area contributed by atoms with Crippen molar-refractivity contribution in [3.8, 4) is 11.5 Å². The molecule has 4 nitrogen and oxygen atoms in total. The minimum absolute atomic E-state index is 0.